The SMILES string of the molecule is Cc1ccc([C@@H](CB(O)O)NC(=O)OC[C@H]2COCCN2C(=O)C(C#N)=CC(C)(C)C)cc1. The normalized spacial score (nSPS) is 17.7. The number of carbonyl (C=O) groups is 2. The number of morpholine rings is 1. The zero-order valence-electron chi connectivity index (χ0n) is 19.6. The molecule has 1 fully saturated rings. The number of hydrogen-bond acceptors (Lipinski definition) is 7. The molecule has 0 aliphatic carbocycles. The van der Waals surface area contributed by atoms with Gasteiger partial charge in [0.1, 0.15) is 18.2 Å². The van der Waals surface area contributed by atoms with E-state index in [-0.39, 0.29) is 37.1 Å². The van der Waals surface area contributed by atoms with E-state index in [1.54, 1.807) is 18.2 Å². The molecule has 0 aromatic heterocycles. The number of rotatable bonds is 7. The second-order valence-corrected chi connectivity index (χ2v) is 9.19. The first-order valence-electron chi connectivity index (χ1n) is 10.9. The van der Waals surface area contributed by atoms with E-state index < -0.39 is 31.2 Å². The summed E-state index contributed by atoms with van der Waals surface area (Å²) in [6, 6.07) is 8.07. The minimum absolute atomic E-state index is 0.0372. The van der Waals surface area contributed by atoms with Gasteiger partial charge in [-0.25, -0.2) is 4.79 Å². The van der Waals surface area contributed by atoms with Crippen molar-refractivity contribution in [3.8, 4) is 6.07 Å². The molecular formula is C23H32BN3O6. The molecular weight excluding hydrogens is 425 g/mol. The monoisotopic (exact) mass is 457 g/mol. The summed E-state index contributed by atoms with van der Waals surface area (Å²) in [5.41, 5.74) is 1.43. The minimum atomic E-state index is -1.62. The zero-order chi connectivity index (χ0) is 24.6. The van der Waals surface area contributed by atoms with Crippen LogP contribution in [0.1, 0.15) is 37.9 Å². The summed E-state index contributed by atoms with van der Waals surface area (Å²) in [6.07, 6.45) is 0.755. The Labute approximate surface area is 195 Å². The summed E-state index contributed by atoms with van der Waals surface area (Å²) in [5.74, 6) is -0.425. The van der Waals surface area contributed by atoms with Gasteiger partial charge in [-0.1, -0.05) is 56.7 Å². The molecule has 1 aliphatic rings. The second-order valence-electron chi connectivity index (χ2n) is 9.19. The van der Waals surface area contributed by atoms with Crippen LogP contribution in [-0.4, -0.2) is 66.5 Å². The predicted molar refractivity (Wildman–Crippen MR) is 123 cm³/mol. The Balaban J connectivity index is 2.05. The zero-order valence-corrected chi connectivity index (χ0v) is 19.6. The van der Waals surface area contributed by atoms with Crippen LogP contribution in [-0.2, 0) is 14.3 Å². The van der Waals surface area contributed by atoms with Gasteiger partial charge in [0.15, 0.2) is 0 Å². The summed E-state index contributed by atoms with van der Waals surface area (Å²) in [7, 11) is -1.62. The molecule has 0 unspecified atom stereocenters. The largest absolute Gasteiger partial charge is 0.453 e. The molecule has 33 heavy (non-hydrogen) atoms. The topological polar surface area (TPSA) is 132 Å². The smallest absolute Gasteiger partial charge is 0.447 e. The third-order valence-corrected chi connectivity index (χ3v) is 5.04. The van der Waals surface area contributed by atoms with Crippen molar-refractivity contribution in [1.82, 2.24) is 10.2 Å². The van der Waals surface area contributed by atoms with Crippen molar-refractivity contribution >= 4 is 19.1 Å². The first-order valence-corrected chi connectivity index (χ1v) is 10.9. The summed E-state index contributed by atoms with van der Waals surface area (Å²) in [5, 5.41) is 30.9. The van der Waals surface area contributed by atoms with E-state index in [1.807, 2.05) is 45.9 Å². The molecule has 9 nitrogen and oxygen atoms in total. The van der Waals surface area contributed by atoms with Crippen molar-refractivity contribution in [2.75, 3.05) is 26.4 Å². The van der Waals surface area contributed by atoms with E-state index in [9.17, 15) is 24.9 Å². The Morgan fingerprint density at radius 3 is 2.61 bits per heavy atom. The number of ether oxygens (including phenoxy) is 2. The minimum Gasteiger partial charge on any atom is -0.447 e. The lowest BCUT2D eigenvalue weighted by molar-refractivity contribution is -0.137. The highest BCUT2D eigenvalue weighted by atomic mass is 16.6. The molecule has 0 bridgehead atoms. The van der Waals surface area contributed by atoms with Gasteiger partial charge >= 0.3 is 13.2 Å². The van der Waals surface area contributed by atoms with Gasteiger partial charge in [0.25, 0.3) is 5.91 Å². The van der Waals surface area contributed by atoms with Crippen LogP contribution in [0.15, 0.2) is 35.9 Å². The molecule has 10 heteroatoms. The van der Waals surface area contributed by atoms with E-state index in [0.29, 0.717) is 12.2 Å². The number of nitriles is 1. The Morgan fingerprint density at radius 2 is 2.03 bits per heavy atom. The molecule has 0 spiro atoms. The maximum atomic E-state index is 12.9. The Hall–Kier alpha value is -2.87. The van der Waals surface area contributed by atoms with Gasteiger partial charge in [-0.2, -0.15) is 5.26 Å². The van der Waals surface area contributed by atoms with Gasteiger partial charge in [0.05, 0.1) is 25.3 Å². The molecule has 1 heterocycles. The van der Waals surface area contributed by atoms with Gasteiger partial charge < -0.3 is 29.7 Å². The van der Waals surface area contributed by atoms with Crippen molar-refractivity contribution in [1.29, 1.82) is 5.26 Å². The fourth-order valence-electron chi connectivity index (χ4n) is 3.43. The molecule has 1 saturated heterocycles. The summed E-state index contributed by atoms with van der Waals surface area (Å²) >= 11 is 0. The fourth-order valence-corrected chi connectivity index (χ4v) is 3.43. The van der Waals surface area contributed by atoms with Gasteiger partial charge in [-0.15, -0.1) is 0 Å². The van der Waals surface area contributed by atoms with Crippen molar-refractivity contribution in [2.24, 2.45) is 5.41 Å². The molecule has 2 amide bonds. The summed E-state index contributed by atoms with van der Waals surface area (Å²) in [4.78, 5) is 26.9. The number of carbonyl (C=O) groups excluding carboxylic acids is 2. The van der Waals surface area contributed by atoms with Crippen LogP contribution in [0, 0.1) is 23.7 Å². The lowest BCUT2D eigenvalue weighted by Gasteiger charge is -2.35. The summed E-state index contributed by atoms with van der Waals surface area (Å²) < 4.78 is 10.8. The molecule has 3 N–H and O–H groups in total. The maximum Gasteiger partial charge on any atom is 0.453 e. The van der Waals surface area contributed by atoms with Gasteiger partial charge in [0.2, 0.25) is 0 Å². The highest BCUT2D eigenvalue weighted by Gasteiger charge is 2.31. The molecule has 178 valence electrons. The molecule has 0 radical (unpaired) electrons. The Bertz CT molecular complexity index is 889. The van der Waals surface area contributed by atoms with Crippen molar-refractivity contribution in [2.45, 2.75) is 46.1 Å². The van der Waals surface area contributed by atoms with Crippen molar-refractivity contribution in [3.63, 3.8) is 0 Å². The molecule has 2 rings (SSSR count). The standard InChI is InChI=1S/C23H32BN3O6/c1-16-5-7-17(8-6-16)20(12-24(30)31)26-22(29)33-15-19-14-32-10-9-27(19)21(28)18(13-25)11-23(2,3)4/h5-8,11,19-20,30-31H,9-10,12,14-15H2,1-4H3,(H,26,29)/t19-,20-/m1/s1. The average molecular weight is 457 g/mol. The van der Waals surface area contributed by atoms with Crippen LogP contribution < -0.4 is 5.32 Å². The van der Waals surface area contributed by atoms with Crippen LogP contribution in [0.25, 0.3) is 0 Å². The van der Waals surface area contributed by atoms with Gasteiger partial charge in [-0.05, 0) is 17.9 Å². The van der Waals surface area contributed by atoms with Crippen LogP contribution in [0.4, 0.5) is 4.79 Å². The molecule has 1 aliphatic heterocycles. The number of amides is 2. The molecule has 1 aromatic carbocycles. The third-order valence-electron chi connectivity index (χ3n) is 5.04. The van der Waals surface area contributed by atoms with E-state index in [0.717, 1.165) is 5.56 Å². The van der Waals surface area contributed by atoms with Crippen LogP contribution >= 0.6 is 0 Å². The van der Waals surface area contributed by atoms with Crippen molar-refractivity contribution in [3.05, 3.63) is 47.0 Å². The number of aryl methyl sites for hydroxylation is 1. The Morgan fingerprint density at radius 1 is 1.36 bits per heavy atom. The number of benzene rings is 1. The van der Waals surface area contributed by atoms with E-state index in [2.05, 4.69) is 5.32 Å². The lowest BCUT2D eigenvalue weighted by atomic mass is 9.79. The first kappa shape index (κ1) is 26.4. The van der Waals surface area contributed by atoms with E-state index in [1.165, 1.54) is 4.90 Å². The quantitative estimate of drug-likeness (QED) is 0.324. The number of hydrogen-bond donors (Lipinski definition) is 3. The van der Waals surface area contributed by atoms with Crippen LogP contribution in [0.3, 0.4) is 0 Å². The van der Waals surface area contributed by atoms with Crippen LogP contribution in [0.2, 0.25) is 6.32 Å². The van der Waals surface area contributed by atoms with Gasteiger partial charge in [-0.3, -0.25) is 4.79 Å². The second kappa shape index (κ2) is 11.8. The lowest BCUT2D eigenvalue weighted by Crippen LogP contribution is -2.52. The molecule has 2 atom stereocenters. The van der Waals surface area contributed by atoms with Crippen molar-refractivity contribution < 1.29 is 29.1 Å². The number of allylic oxidation sites excluding steroid dienone is 1. The molecule has 1 aromatic rings. The van der Waals surface area contributed by atoms with E-state index in [4.69, 9.17) is 9.47 Å². The molecule has 0 saturated carbocycles. The highest BCUT2D eigenvalue weighted by Crippen LogP contribution is 2.21. The highest BCUT2D eigenvalue weighted by molar-refractivity contribution is 6.41. The first-order chi connectivity index (χ1) is 15.5. The number of nitrogens with zero attached hydrogens (tertiary/aromatic N) is 2. The predicted octanol–water partition coefficient (Wildman–Crippen LogP) is 1.96. The van der Waals surface area contributed by atoms with Crippen LogP contribution in [0.5, 0.6) is 0 Å². The number of nitrogens with one attached hydrogen (secondary N) is 1. The number of alkyl carbamates (subject to hydrolysis) is 1. The third kappa shape index (κ3) is 8.53. The maximum absolute atomic E-state index is 12.9. The fraction of sp³-hybridized carbons (Fsp3) is 0.522. The Kier molecular flexibility index (Phi) is 9.47. The van der Waals surface area contributed by atoms with Gasteiger partial charge in [0, 0.05) is 12.9 Å². The summed E-state index contributed by atoms with van der Waals surface area (Å²) in [6.45, 7) is 8.26. The average Bonchev–Trinajstić information content (AvgIpc) is 2.75. The van der Waals surface area contributed by atoms with E-state index >= 15 is 0 Å².